The smallest absolute Gasteiger partial charge is 0.335 e. The van der Waals surface area contributed by atoms with Crippen molar-refractivity contribution in [3.05, 3.63) is 0 Å². The first-order chi connectivity index (χ1) is 21.1. The third-order valence-electron chi connectivity index (χ3n) is 8.13. The van der Waals surface area contributed by atoms with Crippen molar-refractivity contribution in [3.63, 3.8) is 0 Å². The zero-order valence-corrected chi connectivity index (χ0v) is 23.5. The summed E-state index contributed by atoms with van der Waals surface area (Å²) in [6, 6.07) is 0. The van der Waals surface area contributed by atoms with E-state index in [4.69, 9.17) is 33.2 Å². The molecule has 0 aromatic carbocycles. The van der Waals surface area contributed by atoms with Crippen LogP contribution in [-0.2, 0) is 38.0 Å². The summed E-state index contributed by atoms with van der Waals surface area (Å²) in [5.74, 6) is -1.80. The van der Waals surface area contributed by atoms with E-state index in [0.717, 1.165) is 0 Å². The predicted molar refractivity (Wildman–Crippen MR) is 133 cm³/mol. The van der Waals surface area contributed by atoms with E-state index in [1.165, 1.54) is 6.92 Å². The summed E-state index contributed by atoms with van der Waals surface area (Å²) in [4.78, 5) is 12.1. The molecule has 0 aromatic rings. The Balaban J connectivity index is 1.55. The average molecular weight is 665 g/mol. The number of aliphatic hydroxyl groups excluding tert-OH is 12. The standard InChI is InChI=1S/C24H40O21/c1-4-7(27)9(29)12(32)22(39-4)44-18-15(35)21(38)40-6(3-26)16(18)42-24-14(34)11(31)17(19(45-24)20(36)37)43-23-13(33)10(30)8(28)5(2-25)41-23/h4-19,21-35,38H,2-3H2,1H3,(H,36,37)/t4-,5+,6+,7-,8+,9+,10-,11+,12+,13+,14+,15+,16+,17-,18+,19-,21+,22-,23-,24+/m0/s1. The quantitative estimate of drug-likeness (QED) is 0.109. The second kappa shape index (κ2) is 14.9. The van der Waals surface area contributed by atoms with Crippen molar-refractivity contribution < 1.29 is 104 Å². The molecular weight excluding hydrogens is 624 g/mol. The van der Waals surface area contributed by atoms with E-state index in [1.807, 2.05) is 0 Å². The number of aliphatic hydroxyl groups is 12. The molecule has 21 nitrogen and oxygen atoms in total. The zero-order valence-electron chi connectivity index (χ0n) is 23.5. The number of hydrogen-bond donors (Lipinski definition) is 13. The Labute approximate surface area is 253 Å². The highest BCUT2D eigenvalue weighted by Gasteiger charge is 2.56. The van der Waals surface area contributed by atoms with Crippen LogP contribution < -0.4 is 0 Å². The molecule has 13 N–H and O–H groups in total. The molecule has 0 amide bonds. The maximum absolute atomic E-state index is 12.1. The normalized spacial score (nSPS) is 52.8. The predicted octanol–water partition coefficient (Wildman–Crippen LogP) is -8.63. The molecule has 0 aromatic heterocycles. The van der Waals surface area contributed by atoms with E-state index in [-0.39, 0.29) is 0 Å². The van der Waals surface area contributed by atoms with Crippen molar-refractivity contribution in [2.45, 2.75) is 130 Å². The van der Waals surface area contributed by atoms with Gasteiger partial charge in [-0.2, -0.15) is 0 Å². The molecule has 0 aliphatic carbocycles. The molecule has 0 radical (unpaired) electrons. The van der Waals surface area contributed by atoms with Crippen molar-refractivity contribution >= 4 is 5.97 Å². The van der Waals surface area contributed by atoms with E-state index >= 15 is 0 Å². The zero-order chi connectivity index (χ0) is 33.5. The molecule has 262 valence electrons. The van der Waals surface area contributed by atoms with Crippen LogP contribution in [0.2, 0.25) is 0 Å². The van der Waals surface area contributed by atoms with Crippen molar-refractivity contribution in [1.82, 2.24) is 0 Å². The Morgan fingerprint density at radius 1 is 0.533 bits per heavy atom. The fourth-order valence-corrected chi connectivity index (χ4v) is 5.45. The maximum Gasteiger partial charge on any atom is 0.335 e. The van der Waals surface area contributed by atoms with Gasteiger partial charge in [-0.05, 0) is 6.92 Å². The molecule has 20 atom stereocenters. The van der Waals surface area contributed by atoms with Gasteiger partial charge in [-0.15, -0.1) is 0 Å². The number of rotatable bonds is 9. The highest BCUT2D eigenvalue weighted by molar-refractivity contribution is 5.73. The lowest BCUT2D eigenvalue weighted by Gasteiger charge is -2.49. The molecule has 4 aliphatic heterocycles. The summed E-state index contributed by atoms with van der Waals surface area (Å²) < 4.78 is 37.6. The Morgan fingerprint density at radius 3 is 1.60 bits per heavy atom. The third kappa shape index (κ3) is 7.26. The van der Waals surface area contributed by atoms with E-state index < -0.39 is 142 Å². The van der Waals surface area contributed by atoms with Gasteiger partial charge in [0.2, 0.25) is 0 Å². The summed E-state index contributed by atoms with van der Waals surface area (Å²) in [5, 5.41) is 132. The summed E-state index contributed by atoms with van der Waals surface area (Å²) in [6.07, 6.45) is -37.1. The van der Waals surface area contributed by atoms with Gasteiger partial charge in [-0.1, -0.05) is 0 Å². The van der Waals surface area contributed by atoms with E-state index in [9.17, 15) is 71.2 Å². The van der Waals surface area contributed by atoms with Crippen LogP contribution >= 0.6 is 0 Å². The van der Waals surface area contributed by atoms with Gasteiger partial charge in [0.1, 0.15) is 85.5 Å². The number of aliphatic carboxylic acids is 1. The van der Waals surface area contributed by atoms with Crippen LogP contribution in [0.3, 0.4) is 0 Å². The number of carboxylic acid groups (broad SMARTS) is 1. The number of carboxylic acids is 1. The monoisotopic (exact) mass is 664 g/mol. The molecular formula is C24H40O21. The van der Waals surface area contributed by atoms with E-state index in [2.05, 4.69) is 0 Å². The highest BCUT2D eigenvalue weighted by atomic mass is 16.8. The molecule has 0 spiro atoms. The topological polar surface area (TPSA) is 345 Å². The van der Waals surface area contributed by atoms with Crippen LogP contribution in [0.5, 0.6) is 0 Å². The van der Waals surface area contributed by atoms with Gasteiger partial charge in [-0.25, -0.2) is 4.79 Å². The molecule has 0 unspecified atom stereocenters. The Kier molecular flexibility index (Phi) is 12.1. The van der Waals surface area contributed by atoms with E-state index in [1.54, 1.807) is 0 Å². The van der Waals surface area contributed by atoms with Gasteiger partial charge in [0.15, 0.2) is 31.3 Å². The molecule has 21 heteroatoms. The van der Waals surface area contributed by atoms with Crippen LogP contribution in [-0.4, -0.2) is 208 Å². The van der Waals surface area contributed by atoms with Gasteiger partial charge in [-0.3, -0.25) is 0 Å². The minimum atomic E-state index is -2.20. The van der Waals surface area contributed by atoms with Crippen LogP contribution in [0.25, 0.3) is 0 Å². The van der Waals surface area contributed by atoms with Gasteiger partial charge in [0.25, 0.3) is 0 Å². The summed E-state index contributed by atoms with van der Waals surface area (Å²) in [5.41, 5.74) is 0. The minimum Gasteiger partial charge on any atom is -0.479 e. The molecule has 0 saturated carbocycles. The fourth-order valence-electron chi connectivity index (χ4n) is 5.45. The molecule has 4 saturated heterocycles. The second-order valence-corrected chi connectivity index (χ2v) is 11.2. The number of ether oxygens (including phenoxy) is 7. The number of carbonyl (C=O) groups is 1. The first kappa shape index (κ1) is 36.5. The van der Waals surface area contributed by atoms with Gasteiger partial charge in [0, 0.05) is 0 Å². The lowest BCUT2D eigenvalue weighted by atomic mass is 9.95. The summed E-state index contributed by atoms with van der Waals surface area (Å²) in [6.45, 7) is -0.453. The second-order valence-electron chi connectivity index (χ2n) is 11.2. The van der Waals surface area contributed by atoms with Crippen molar-refractivity contribution in [1.29, 1.82) is 0 Å². The molecule has 45 heavy (non-hydrogen) atoms. The van der Waals surface area contributed by atoms with Crippen LogP contribution in [0, 0.1) is 0 Å². The molecule has 4 heterocycles. The Hall–Kier alpha value is -1.29. The third-order valence-corrected chi connectivity index (χ3v) is 8.13. The summed E-state index contributed by atoms with van der Waals surface area (Å²) in [7, 11) is 0. The largest absolute Gasteiger partial charge is 0.479 e. The van der Waals surface area contributed by atoms with Crippen molar-refractivity contribution in [2.75, 3.05) is 13.2 Å². The highest BCUT2D eigenvalue weighted by Crippen LogP contribution is 2.34. The number of hydrogen-bond acceptors (Lipinski definition) is 20. The van der Waals surface area contributed by atoms with Crippen molar-refractivity contribution in [3.8, 4) is 0 Å². The maximum atomic E-state index is 12.1. The van der Waals surface area contributed by atoms with Crippen LogP contribution in [0.4, 0.5) is 0 Å². The average Bonchev–Trinajstić information content (AvgIpc) is 3.01. The molecule has 0 bridgehead atoms. The van der Waals surface area contributed by atoms with Crippen LogP contribution in [0.15, 0.2) is 0 Å². The summed E-state index contributed by atoms with van der Waals surface area (Å²) >= 11 is 0. The lowest BCUT2D eigenvalue weighted by Crippen LogP contribution is -2.68. The van der Waals surface area contributed by atoms with Gasteiger partial charge in [0.05, 0.1) is 19.3 Å². The first-order valence-corrected chi connectivity index (χ1v) is 14.0. The molecule has 4 aliphatic rings. The molecule has 4 fully saturated rings. The Bertz CT molecular complexity index is 973. The van der Waals surface area contributed by atoms with Gasteiger partial charge < -0.3 is 99.5 Å². The van der Waals surface area contributed by atoms with Crippen LogP contribution in [0.1, 0.15) is 6.92 Å². The fraction of sp³-hybridized carbons (Fsp3) is 0.958. The SMILES string of the molecule is C[C@@H]1O[C@@H](O[C@@H]2[C@@H](O)[C@H](O)O[C@H](CO)[C@H]2O[C@@H]2O[C@H](C(=O)O)[C@@H](O[C@@H]3O[C@H](CO)[C@@H](O)[C@H](O)[C@H]3O)[C@H](O)[C@H]2O)[C@H](O)[C@H](O)[C@H]1O. The van der Waals surface area contributed by atoms with Gasteiger partial charge >= 0.3 is 5.97 Å². The molecule has 4 rings (SSSR count). The lowest BCUT2D eigenvalue weighted by molar-refractivity contribution is -0.388. The van der Waals surface area contributed by atoms with E-state index in [0.29, 0.717) is 0 Å². The minimum absolute atomic E-state index is 0.851. The first-order valence-electron chi connectivity index (χ1n) is 14.0. The Morgan fingerprint density at radius 2 is 1.02 bits per heavy atom. The van der Waals surface area contributed by atoms with Crippen molar-refractivity contribution in [2.24, 2.45) is 0 Å².